The monoisotopic (exact) mass is 488 g/mol. The summed E-state index contributed by atoms with van der Waals surface area (Å²) in [7, 11) is 0. The summed E-state index contributed by atoms with van der Waals surface area (Å²) in [5, 5.41) is 15.4. The number of hydrogen-bond donors (Lipinski definition) is 1. The first-order chi connectivity index (χ1) is 16.7. The lowest BCUT2D eigenvalue weighted by molar-refractivity contribution is -0.139. The SMILES string of the molecule is Cc1cc(C)n(CCNC(=O)c2ccc(N3CCC(Oc4ccccc4C(F)(F)F)CC3)nn2)n1. The highest BCUT2D eigenvalue weighted by atomic mass is 19.4. The number of alkyl halides is 3. The van der Waals surface area contributed by atoms with Crippen LogP contribution in [0.15, 0.2) is 42.5 Å². The number of halogens is 3. The lowest BCUT2D eigenvalue weighted by Crippen LogP contribution is -2.39. The van der Waals surface area contributed by atoms with Gasteiger partial charge in [0.1, 0.15) is 11.9 Å². The van der Waals surface area contributed by atoms with Crippen molar-refractivity contribution in [3.8, 4) is 5.75 Å². The van der Waals surface area contributed by atoms with Gasteiger partial charge in [0.05, 0.1) is 17.8 Å². The normalized spacial score (nSPS) is 14.7. The molecular formula is C24H27F3N6O2. The second kappa shape index (κ2) is 10.3. The Labute approximate surface area is 201 Å². The van der Waals surface area contributed by atoms with E-state index in [0.717, 1.165) is 17.5 Å². The summed E-state index contributed by atoms with van der Waals surface area (Å²) < 4.78 is 47.1. The molecule has 11 heteroatoms. The number of hydrogen-bond acceptors (Lipinski definition) is 6. The van der Waals surface area contributed by atoms with Gasteiger partial charge in [-0.05, 0) is 44.2 Å². The molecule has 0 spiro atoms. The predicted octanol–water partition coefficient (Wildman–Crippen LogP) is 3.79. The van der Waals surface area contributed by atoms with E-state index in [-0.39, 0.29) is 23.5 Å². The molecule has 0 atom stereocenters. The van der Waals surface area contributed by atoms with E-state index in [2.05, 4.69) is 20.6 Å². The van der Waals surface area contributed by atoms with Crippen molar-refractivity contribution < 1.29 is 22.7 Å². The Morgan fingerprint density at radius 2 is 1.86 bits per heavy atom. The van der Waals surface area contributed by atoms with Crippen molar-refractivity contribution in [2.45, 2.75) is 45.5 Å². The van der Waals surface area contributed by atoms with E-state index in [9.17, 15) is 18.0 Å². The van der Waals surface area contributed by atoms with Gasteiger partial charge >= 0.3 is 6.18 Å². The molecule has 35 heavy (non-hydrogen) atoms. The van der Waals surface area contributed by atoms with Crippen LogP contribution in [-0.2, 0) is 12.7 Å². The van der Waals surface area contributed by atoms with E-state index < -0.39 is 11.7 Å². The van der Waals surface area contributed by atoms with Crippen LogP contribution in [0, 0.1) is 13.8 Å². The lowest BCUT2D eigenvalue weighted by atomic mass is 10.1. The van der Waals surface area contributed by atoms with Crippen molar-refractivity contribution >= 4 is 11.7 Å². The van der Waals surface area contributed by atoms with Crippen LogP contribution in [0.25, 0.3) is 0 Å². The first kappa shape index (κ1) is 24.5. The predicted molar refractivity (Wildman–Crippen MR) is 123 cm³/mol. The highest BCUT2D eigenvalue weighted by Crippen LogP contribution is 2.37. The Bertz CT molecular complexity index is 1150. The largest absolute Gasteiger partial charge is 0.490 e. The highest BCUT2D eigenvalue weighted by Gasteiger charge is 2.35. The Morgan fingerprint density at radius 3 is 2.49 bits per heavy atom. The summed E-state index contributed by atoms with van der Waals surface area (Å²) in [5.41, 5.74) is 1.40. The zero-order valence-corrected chi connectivity index (χ0v) is 19.5. The number of aromatic nitrogens is 4. The smallest absolute Gasteiger partial charge is 0.419 e. The molecule has 0 bridgehead atoms. The van der Waals surface area contributed by atoms with E-state index in [0.29, 0.717) is 44.8 Å². The van der Waals surface area contributed by atoms with Crippen LogP contribution in [-0.4, -0.2) is 51.6 Å². The second-order valence-electron chi connectivity index (χ2n) is 8.48. The van der Waals surface area contributed by atoms with Crippen LogP contribution in [0.1, 0.15) is 40.3 Å². The van der Waals surface area contributed by atoms with Crippen molar-refractivity contribution in [2.75, 3.05) is 24.5 Å². The third-order valence-corrected chi connectivity index (χ3v) is 5.85. The van der Waals surface area contributed by atoms with Gasteiger partial charge in [0.15, 0.2) is 11.5 Å². The fourth-order valence-corrected chi connectivity index (χ4v) is 4.07. The van der Waals surface area contributed by atoms with E-state index in [1.807, 2.05) is 29.5 Å². The Hall–Kier alpha value is -3.63. The number of aryl methyl sites for hydroxylation is 2. The van der Waals surface area contributed by atoms with Gasteiger partial charge in [0.2, 0.25) is 0 Å². The number of benzene rings is 1. The fraction of sp³-hybridized carbons (Fsp3) is 0.417. The van der Waals surface area contributed by atoms with Crippen molar-refractivity contribution in [3.63, 3.8) is 0 Å². The molecule has 8 nitrogen and oxygen atoms in total. The molecule has 186 valence electrons. The number of amides is 1. The molecule has 1 saturated heterocycles. The third-order valence-electron chi connectivity index (χ3n) is 5.85. The maximum atomic E-state index is 13.2. The van der Waals surface area contributed by atoms with Crippen molar-refractivity contribution in [1.29, 1.82) is 0 Å². The Balaban J connectivity index is 1.27. The highest BCUT2D eigenvalue weighted by molar-refractivity contribution is 5.92. The molecule has 1 N–H and O–H groups in total. The summed E-state index contributed by atoms with van der Waals surface area (Å²) in [6.45, 7) is 5.96. The van der Waals surface area contributed by atoms with Gasteiger partial charge in [-0.3, -0.25) is 9.48 Å². The zero-order valence-electron chi connectivity index (χ0n) is 19.5. The summed E-state index contributed by atoms with van der Waals surface area (Å²) in [6.07, 6.45) is -3.70. The molecule has 1 aliphatic heterocycles. The molecule has 1 fully saturated rings. The van der Waals surface area contributed by atoms with Gasteiger partial charge in [-0.2, -0.15) is 18.3 Å². The number of carbonyl (C=O) groups excluding carboxylic acids is 1. The van der Waals surface area contributed by atoms with E-state index in [1.54, 1.807) is 12.1 Å². The second-order valence-corrected chi connectivity index (χ2v) is 8.48. The van der Waals surface area contributed by atoms with Crippen molar-refractivity contribution in [2.24, 2.45) is 0 Å². The number of nitrogens with one attached hydrogen (secondary N) is 1. The number of carbonyl (C=O) groups is 1. The number of piperidine rings is 1. The van der Waals surface area contributed by atoms with Gasteiger partial charge in [0, 0.05) is 38.2 Å². The first-order valence-electron chi connectivity index (χ1n) is 11.4. The minimum absolute atomic E-state index is 0.147. The summed E-state index contributed by atoms with van der Waals surface area (Å²) in [5.74, 6) is 0.144. The zero-order chi connectivity index (χ0) is 25.0. The molecule has 0 aliphatic carbocycles. The third kappa shape index (κ3) is 6.09. The Morgan fingerprint density at radius 1 is 1.11 bits per heavy atom. The minimum atomic E-state index is -4.46. The van der Waals surface area contributed by atoms with Gasteiger partial charge in [0.25, 0.3) is 5.91 Å². The molecular weight excluding hydrogens is 461 g/mol. The average molecular weight is 489 g/mol. The Kier molecular flexibility index (Phi) is 7.23. The van der Waals surface area contributed by atoms with Crippen LogP contribution in [0.2, 0.25) is 0 Å². The fourth-order valence-electron chi connectivity index (χ4n) is 4.07. The van der Waals surface area contributed by atoms with Gasteiger partial charge in [-0.1, -0.05) is 12.1 Å². The first-order valence-corrected chi connectivity index (χ1v) is 11.4. The summed E-state index contributed by atoms with van der Waals surface area (Å²) in [4.78, 5) is 14.4. The minimum Gasteiger partial charge on any atom is -0.490 e. The quantitative estimate of drug-likeness (QED) is 0.545. The molecule has 2 aromatic heterocycles. The van der Waals surface area contributed by atoms with Crippen molar-refractivity contribution in [3.05, 3.63) is 65.1 Å². The molecule has 3 aromatic rings. The molecule has 0 radical (unpaired) electrons. The molecule has 4 rings (SSSR count). The van der Waals surface area contributed by atoms with Crippen LogP contribution >= 0.6 is 0 Å². The number of para-hydroxylation sites is 1. The van der Waals surface area contributed by atoms with E-state index >= 15 is 0 Å². The molecule has 1 amide bonds. The molecule has 0 unspecified atom stereocenters. The van der Waals surface area contributed by atoms with Gasteiger partial charge < -0.3 is 15.0 Å². The average Bonchev–Trinajstić information content (AvgIpc) is 3.16. The number of anilines is 1. The maximum Gasteiger partial charge on any atom is 0.419 e. The van der Waals surface area contributed by atoms with Crippen LogP contribution < -0.4 is 15.0 Å². The number of rotatable bonds is 7. The number of ether oxygens (including phenoxy) is 1. The van der Waals surface area contributed by atoms with Crippen molar-refractivity contribution in [1.82, 2.24) is 25.3 Å². The van der Waals surface area contributed by atoms with Gasteiger partial charge in [-0.15, -0.1) is 10.2 Å². The van der Waals surface area contributed by atoms with E-state index in [1.165, 1.54) is 18.2 Å². The maximum absolute atomic E-state index is 13.2. The summed E-state index contributed by atoms with van der Waals surface area (Å²) >= 11 is 0. The molecule has 0 saturated carbocycles. The van der Waals surface area contributed by atoms with Gasteiger partial charge in [-0.25, -0.2) is 0 Å². The van der Waals surface area contributed by atoms with Crippen LogP contribution in [0.3, 0.4) is 0 Å². The molecule has 3 heterocycles. The van der Waals surface area contributed by atoms with Crippen LogP contribution in [0.5, 0.6) is 5.75 Å². The van der Waals surface area contributed by atoms with E-state index in [4.69, 9.17) is 4.74 Å². The van der Waals surface area contributed by atoms with Crippen LogP contribution in [0.4, 0.5) is 19.0 Å². The summed E-state index contributed by atoms with van der Waals surface area (Å²) in [6, 6.07) is 10.6. The lowest BCUT2D eigenvalue weighted by Gasteiger charge is -2.33. The standard InChI is InChI=1S/C24H27F3N6O2/c1-16-15-17(2)33(31-16)14-11-28-23(34)20-7-8-22(30-29-20)32-12-9-18(10-13-32)35-21-6-4-3-5-19(21)24(25,26)27/h3-8,15,18H,9-14H2,1-2H3,(H,28,34). The molecule has 1 aromatic carbocycles. The molecule has 1 aliphatic rings. The number of nitrogens with zero attached hydrogens (tertiary/aromatic N) is 5. The topological polar surface area (TPSA) is 85.2 Å².